The second-order valence-corrected chi connectivity index (χ2v) is 10.5. The third kappa shape index (κ3) is 4.26. The first-order valence-corrected chi connectivity index (χ1v) is 13.3. The molecule has 0 saturated carbocycles. The third-order valence-electron chi connectivity index (χ3n) is 7.81. The molecule has 5 heterocycles. The SMILES string of the molecule is CCN1C2CCC1CN(c1ccc(Nc3ncc(F)c(-c4cc(F)c5nc(C)n(C(C)C)c5c4)n3)nc1)C2. The summed E-state index contributed by atoms with van der Waals surface area (Å²) >= 11 is 0. The normalized spacial score (nSPS) is 19.6. The smallest absolute Gasteiger partial charge is 0.229 e. The number of piperazine rings is 1. The summed E-state index contributed by atoms with van der Waals surface area (Å²) in [5.74, 6) is 0.289. The van der Waals surface area contributed by atoms with Crippen LogP contribution in [0.25, 0.3) is 22.3 Å². The predicted molar refractivity (Wildman–Crippen MR) is 145 cm³/mol. The van der Waals surface area contributed by atoms with Gasteiger partial charge in [0.1, 0.15) is 22.9 Å². The maximum atomic E-state index is 15.0. The van der Waals surface area contributed by atoms with Crippen molar-refractivity contribution in [2.75, 3.05) is 29.9 Å². The minimum atomic E-state index is -0.634. The van der Waals surface area contributed by atoms with Gasteiger partial charge in [0.05, 0.1) is 23.6 Å². The number of hydrogen-bond donors (Lipinski definition) is 1. The Morgan fingerprint density at radius 3 is 2.42 bits per heavy atom. The van der Waals surface area contributed by atoms with Crippen LogP contribution in [0.15, 0.2) is 36.7 Å². The van der Waals surface area contributed by atoms with E-state index in [1.54, 1.807) is 6.07 Å². The molecular weight excluding hydrogens is 486 g/mol. The quantitative estimate of drug-likeness (QED) is 0.363. The molecule has 1 N–H and O–H groups in total. The standard InChI is InChI=1S/C28H32F2N8/c1-5-37-20-6-7-21(37)15-36(14-20)19-8-9-25(31-12-19)34-28-32-13-23(30)26(35-28)18-10-22(29)27-24(11-18)38(16(2)3)17(4)33-27/h8-13,16,20-21H,5-7,14-15H2,1-4H3,(H,31,32,34,35). The molecule has 2 aliphatic heterocycles. The number of pyridine rings is 1. The fourth-order valence-electron chi connectivity index (χ4n) is 6.17. The second-order valence-electron chi connectivity index (χ2n) is 10.5. The fraction of sp³-hybridized carbons (Fsp3) is 0.429. The summed E-state index contributed by atoms with van der Waals surface area (Å²) in [6, 6.07) is 8.20. The number of halogens is 2. The molecule has 2 unspecified atom stereocenters. The molecule has 0 amide bonds. The lowest BCUT2D eigenvalue weighted by molar-refractivity contribution is 0.179. The molecule has 8 nitrogen and oxygen atoms in total. The molecule has 2 saturated heterocycles. The highest BCUT2D eigenvalue weighted by Crippen LogP contribution is 2.33. The summed E-state index contributed by atoms with van der Waals surface area (Å²) in [4.78, 5) is 22.4. The van der Waals surface area contributed by atoms with Crippen molar-refractivity contribution in [3.63, 3.8) is 0 Å². The fourth-order valence-corrected chi connectivity index (χ4v) is 6.17. The van der Waals surface area contributed by atoms with Gasteiger partial charge in [0, 0.05) is 36.8 Å². The van der Waals surface area contributed by atoms with E-state index in [1.165, 1.54) is 18.9 Å². The van der Waals surface area contributed by atoms with Crippen LogP contribution in [0.1, 0.15) is 45.5 Å². The molecule has 198 valence electrons. The van der Waals surface area contributed by atoms with E-state index in [9.17, 15) is 8.78 Å². The van der Waals surface area contributed by atoms with Gasteiger partial charge >= 0.3 is 0 Å². The van der Waals surface area contributed by atoms with Crippen molar-refractivity contribution in [2.45, 2.75) is 58.7 Å². The molecule has 1 aromatic carbocycles. The monoisotopic (exact) mass is 518 g/mol. The summed E-state index contributed by atoms with van der Waals surface area (Å²) in [5, 5.41) is 3.06. The molecule has 0 spiro atoms. The molecule has 38 heavy (non-hydrogen) atoms. The van der Waals surface area contributed by atoms with Crippen molar-refractivity contribution >= 4 is 28.5 Å². The lowest BCUT2D eigenvalue weighted by atomic mass is 10.1. The highest BCUT2D eigenvalue weighted by Gasteiger charge is 2.38. The van der Waals surface area contributed by atoms with Crippen molar-refractivity contribution in [1.29, 1.82) is 0 Å². The highest BCUT2D eigenvalue weighted by atomic mass is 19.1. The summed E-state index contributed by atoms with van der Waals surface area (Å²) in [5.41, 5.74) is 2.29. The summed E-state index contributed by atoms with van der Waals surface area (Å²) < 4.78 is 31.8. The predicted octanol–water partition coefficient (Wildman–Crippen LogP) is 5.47. The summed E-state index contributed by atoms with van der Waals surface area (Å²) in [7, 11) is 0. The number of hydrogen-bond acceptors (Lipinski definition) is 7. The van der Waals surface area contributed by atoms with Crippen molar-refractivity contribution in [3.05, 3.63) is 54.1 Å². The molecule has 2 aliphatic rings. The molecular formula is C28H32F2N8. The van der Waals surface area contributed by atoms with E-state index >= 15 is 0 Å². The number of fused-ring (bicyclic) bond motifs is 3. The maximum absolute atomic E-state index is 15.0. The van der Waals surface area contributed by atoms with Crippen LogP contribution >= 0.6 is 0 Å². The molecule has 10 heteroatoms. The molecule has 3 aromatic heterocycles. The summed E-state index contributed by atoms with van der Waals surface area (Å²) in [6.07, 6.45) is 5.45. The van der Waals surface area contributed by atoms with Crippen LogP contribution in [0.2, 0.25) is 0 Å². The number of rotatable bonds is 6. The van der Waals surface area contributed by atoms with Crippen molar-refractivity contribution in [1.82, 2.24) is 29.4 Å². The van der Waals surface area contributed by atoms with Crippen molar-refractivity contribution in [3.8, 4) is 11.3 Å². The van der Waals surface area contributed by atoms with E-state index < -0.39 is 11.6 Å². The minimum Gasteiger partial charge on any atom is -0.367 e. The van der Waals surface area contributed by atoms with Gasteiger partial charge < -0.3 is 14.8 Å². The number of nitrogens with one attached hydrogen (secondary N) is 1. The first-order valence-electron chi connectivity index (χ1n) is 13.3. The van der Waals surface area contributed by atoms with Gasteiger partial charge in [0.2, 0.25) is 5.95 Å². The largest absolute Gasteiger partial charge is 0.367 e. The number of imidazole rings is 1. The summed E-state index contributed by atoms with van der Waals surface area (Å²) in [6.45, 7) is 11.2. The Balaban J connectivity index is 1.24. The molecule has 0 radical (unpaired) electrons. The number of aromatic nitrogens is 5. The average molecular weight is 519 g/mol. The van der Waals surface area contributed by atoms with Crippen LogP contribution in [-0.4, -0.2) is 61.1 Å². The van der Waals surface area contributed by atoms with Crippen molar-refractivity contribution in [2.24, 2.45) is 0 Å². The van der Waals surface area contributed by atoms with E-state index in [0.29, 0.717) is 34.8 Å². The zero-order valence-corrected chi connectivity index (χ0v) is 22.1. The maximum Gasteiger partial charge on any atom is 0.229 e. The van der Waals surface area contributed by atoms with Gasteiger partial charge in [-0.1, -0.05) is 6.92 Å². The molecule has 6 rings (SSSR count). The van der Waals surface area contributed by atoms with Crippen LogP contribution in [0.3, 0.4) is 0 Å². The lowest BCUT2D eigenvalue weighted by Gasteiger charge is -2.41. The van der Waals surface area contributed by atoms with E-state index in [1.807, 2.05) is 43.7 Å². The van der Waals surface area contributed by atoms with Crippen LogP contribution in [-0.2, 0) is 0 Å². The van der Waals surface area contributed by atoms with Gasteiger partial charge in [0.15, 0.2) is 11.6 Å². The number of nitrogens with zero attached hydrogens (tertiary/aromatic N) is 7. The number of aryl methyl sites for hydroxylation is 1. The number of anilines is 3. The van der Waals surface area contributed by atoms with E-state index in [0.717, 1.165) is 31.5 Å². The third-order valence-corrected chi connectivity index (χ3v) is 7.81. The van der Waals surface area contributed by atoms with Gasteiger partial charge in [-0.2, -0.15) is 0 Å². The molecule has 2 atom stereocenters. The molecule has 2 bridgehead atoms. The zero-order valence-electron chi connectivity index (χ0n) is 22.1. The van der Waals surface area contributed by atoms with Crippen LogP contribution < -0.4 is 10.2 Å². The Hall–Kier alpha value is -3.66. The molecule has 0 aliphatic carbocycles. The van der Waals surface area contributed by atoms with E-state index in [2.05, 4.69) is 42.0 Å². The Morgan fingerprint density at radius 1 is 1.00 bits per heavy atom. The highest BCUT2D eigenvalue weighted by molar-refractivity contribution is 5.83. The Labute approximate surface area is 220 Å². The Kier molecular flexibility index (Phi) is 6.22. The van der Waals surface area contributed by atoms with Crippen molar-refractivity contribution < 1.29 is 8.78 Å². The Morgan fingerprint density at radius 2 is 1.76 bits per heavy atom. The first-order chi connectivity index (χ1) is 18.3. The van der Waals surface area contributed by atoms with Gasteiger partial charge in [-0.3, -0.25) is 4.90 Å². The average Bonchev–Trinajstić information content (AvgIpc) is 3.37. The van der Waals surface area contributed by atoms with Crippen LogP contribution in [0.4, 0.5) is 26.2 Å². The second kappa shape index (κ2) is 9.58. The minimum absolute atomic E-state index is 0.0124. The topological polar surface area (TPSA) is 75.0 Å². The Bertz CT molecular complexity index is 1470. The lowest BCUT2D eigenvalue weighted by Crippen LogP contribution is -2.53. The number of benzene rings is 1. The van der Waals surface area contributed by atoms with Gasteiger partial charge in [-0.15, -0.1) is 0 Å². The van der Waals surface area contributed by atoms with E-state index in [-0.39, 0.29) is 23.2 Å². The van der Waals surface area contributed by atoms with Crippen LogP contribution in [0.5, 0.6) is 0 Å². The van der Waals surface area contributed by atoms with Crippen LogP contribution in [0, 0.1) is 18.6 Å². The number of likely N-dealkylation sites (N-methyl/N-ethyl adjacent to an activating group) is 1. The zero-order chi connectivity index (χ0) is 26.6. The van der Waals surface area contributed by atoms with Gasteiger partial charge in [-0.05, 0) is 64.4 Å². The molecule has 2 fully saturated rings. The molecule has 4 aromatic rings. The van der Waals surface area contributed by atoms with E-state index in [4.69, 9.17) is 0 Å². The first kappa shape index (κ1) is 24.7. The van der Waals surface area contributed by atoms with Gasteiger partial charge in [-0.25, -0.2) is 28.7 Å². The van der Waals surface area contributed by atoms with Gasteiger partial charge in [0.25, 0.3) is 0 Å².